The molecule has 14 heavy (non-hydrogen) atoms. The highest BCUT2D eigenvalue weighted by molar-refractivity contribution is 9.10. The van der Waals surface area contributed by atoms with E-state index in [0.717, 1.165) is 25.9 Å². The van der Waals surface area contributed by atoms with Crippen molar-refractivity contribution in [1.29, 1.82) is 0 Å². The molecule has 78 valence electrons. The molecule has 2 nitrogen and oxygen atoms in total. The van der Waals surface area contributed by atoms with E-state index in [2.05, 4.69) is 51.8 Å². The molecule has 0 unspecified atom stereocenters. The minimum absolute atomic E-state index is 0.199. The summed E-state index contributed by atoms with van der Waals surface area (Å²) in [5, 5.41) is 3.66. The first-order valence-electron chi connectivity index (χ1n) is 5.34. The Morgan fingerprint density at radius 2 is 2.14 bits per heavy atom. The van der Waals surface area contributed by atoms with E-state index in [9.17, 15) is 0 Å². The molecule has 2 heterocycles. The molecule has 0 saturated heterocycles. The van der Waals surface area contributed by atoms with Gasteiger partial charge in [0.2, 0.25) is 0 Å². The second-order valence-electron chi connectivity index (χ2n) is 3.91. The van der Waals surface area contributed by atoms with Gasteiger partial charge in [-0.25, -0.2) is 0 Å². The molecule has 0 atom stereocenters. The van der Waals surface area contributed by atoms with Crippen molar-refractivity contribution >= 4 is 15.9 Å². The zero-order valence-electron chi connectivity index (χ0n) is 8.81. The molecule has 0 spiro atoms. The number of hydrogen-bond donors (Lipinski definition) is 1. The molecule has 0 fully saturated rings. The molecular weight excluding hydrogens is 240 g/mol. The van der Waals surface area contributed by atoms with Gasteiger partial charge in [0.25, 0.3) is 0 Å². The van der Waals surface area contributed by atoms with E-state index >= 15 is 0 Å². The van der Waals surface area contributed by atoms with Gasteiger partial charge < -0.3 is 9.88 Å². The maximum atomic E-state index is 3.66. The van der Waals surface area contributed by atoms with Crippen molar-refractivity contribution in [2.24, 2.45) is 0 Å². The Balaban J connectivity index is 2.49. The largest absolute Gasteiger partial charge is 0.336 e. The first-order chi connectivity index (χ1) is 6.73. The molecule has 1 aromatic rings. The van der Waals surface area contributed by atoms with Gasteiger partial charge in [0.05, 0.1) is 10.1 Å². The van der Waals surface area contributed by atoms with E-state index in [-0.39, 0.29) is 5.54 Å². The van der Waals surface area contributed by atoms with Gasteiger partial charge in [-0.2, -0.15) is 0 Å². The molecule has 1 aromatic heterocycles. The van der Waals surface area contributed by atoms with Gasteiger partial charge in [-0.15, -0.1) is 0 Å². The highest BCUT2D eigenvalue weighted by Gasteiger charge is 2.33. The van der Waals surface area contributed by atoms with Gasteiger partial charge in [0.15, 0.2) is 0 Å². The fraction of sp³-hybridized carbons (Fsp3) is 0.636. The summed E-state index contributed by atoms with van der Waals surface area (Å²) in [4.78, 5) is 0. The lowest BCUT2D eigenvalue weighted by Crippen LogP contribution is -2.48. The fourth-order valence-corrected chi connectivity index (χ4v) is 2.95. The molecule has 1 aliphatic heterocycles. The first-order valence-corrected chi connectivity index (χ1v) is 6.13. The van der Waals surface area contributed by atoms with E-state index in [4.69, 9.17) is 0 Å². The summed E-state index contributed by atoms with van der Waals surface area (Å²) in [6.07, 6.45) is 2.31. The molecule has 0 saturated carbocycles. The van der Waals surface area contributed by atoms with E-state index in [1.54, 1.807) is 0 Å². The molecule has 0 amide bonds. The van der Waals surface area contributed by atoms with Gasteiger partial charge >= 0.3 is 0 Å². The lowest BCUT2D eigenvalue weighted by atomic mass is 9.87. The Kier molecular flexibility index (Phi) is 2.71. The van der Waals surface area contributed by atoms with Gasteiger partial charge in [-0.05, 0) is 40.9 Å². The van der Waals surface area contributed by atoms with Crippen LogP contribution in [0.2, 0.25) is 0 Å². The van der Waals surface area contributed by atoms with Crippen LogP contribution in [0, 0.1) is 0 Å². The summed E-state index contributed by atoms with van der Waals surface area (Å²) in [6.45, 7) is 6.66. The standard InChI is InChI=1S/C11H17BrN2/c1-3-11(4-2)9-5-6-10(12)14(9)8-7-13-11/h5-6,13H,3-4,7-8H2,1-2H3. The Morgan fingerprint density at radius 3 is 2.79 bits per heavy atom. The average Bonchev–Trinajstić information content (AvgIpc) is 2.61. The van der Waals surface area contributed by atoms with Gasteiger partial charge in [-0.3, -0.25) is 0 Å². The van der Waals surface area contributed by atoms with E-state index in [1.165, 1.54) is 10.3 Å². The summed E-state index contributed by atoms with van der Waals surface area (Å²) in [5.74, 6) is 0. The van der Waals surface area contributed by atoms with Crippen LogP contribution in [0.4, 0.5) is 0 Å². The van der Waals surface area contributed by atoms with Crippen molar-refractivity contribution in [3.05, 3.63) is 22.4 Å². The Morgan fingerprint density at radius 1 is 1.43 bits per heavy atom. The second kappa shape index (κ2) is 3.70. The van der Waals surface area contributed by atoms with Crippen molar-refractivity contribution in [2.75, 3.05) is 6.54 Å². The lowest BCUT2D eigenvalue weighted by Gasteiger charge is -2.38. The number of hydrogen-bond acceptors (Lipinski definition) is 1. The molecule has 2 rings (SSSR count). The number of halogens is 1. The van der Waals surface area contributed by atoms with Gasteiger partial charge in [0, 0.05) is 18.8 Å². The minimum atomic E-state index is 0.199. The Labute approximate surface area is 93.8 Å². The SMILES string of the molecule is CCC1(CC)NCCn2c(Br)ccc21. The van der Waals surface area contributed by atoms with Crippen LogP contribution in [0.15, 0.2) is 16.7 Å². The Bertz CT molecular complexity index is 326. The van der Waals surface area contributed by atoms with Crippen molar-refractivity contribution in [3.63, 3.8) is 0 Å². The van der Waals surface area contributed by atoms with Crippen molar-refractivity contribution < 1.29 is 0 Å². The zero-order valence-corrected chi connectivity index (χ0v) is 10.4. The summed E-state index contributed by atoms with van der Waals surface area (Å²) < 4.78 is 3.59. The topological polar surface area (TPSA) is 17.0 Å². The lowest BCUT2D eigenvalue weighted by molar-refractivity contribution is 0.253. The van der Waals surface area contributed by atoms with E-state index < -0.39 is 0 Å². The summed E-state index contributed by atoms with van der Waals surface area (Å²) in [6, 6.07) is 4.39. The second-order valence-corrected chi connectivity index (χ2v) is 4.72. The monoisotopic (exact) mass is 256 g/mol. The van der Waals surface area contributed by atoms with Crippen molar-refractivity contribution in [3.8, 4) is 0 Å². The van der Waals surface area contributed by atoms with E-state index in [1.807, 2.05) is 0 Å². The van der Waals surface area contributed by atoms with Crippen LogP contribution < -0.4 is 5.32 Å². The predicted molar refractivity (Wildman–Crippen MR) is 62.4 cm³/mol. The van der Waals surface area contributed by atoms with Gasteiger partial charge in [0.1, 0.15) is 0 Å². The third-order valence-corrected chi connectivity index (χ3v) is 4.12. The molecule has 1 N–H and O–H groups in total. The highest BCUT2D eigenvalue weighted by atomic mass is 79.9. The normalized spacial score (nSPS) is 19.4. The van der Waals surface area contributed by atoms with Gasteiger partial charge in [-0.1, -0.05) is 13.8 Å². The number of nitrogens with one attached hydrogen (secondary N) is 1. The molecule has 0 aromatic carbocycles. The number of aromatic nitrogens is 1. The summed E-state index contributed by atoms with van der Waals surface area (Å²) in [5.41, 5.74) is 1.63. The number of fused-ring (bicyclic) bond motifs is 1. The van der Waals surface area contributed by atoms with E-state index in [0.29, 0.717) is 0 Å². The van der Waals surface area contributed by atoms with Crippen LogP contribution in [0.5, 0.6) is 0 Å². The maximum Gasteiger partial charge on any atom is 0.0849 e. The van der Waals surface area contributed by atoms with Crippen LogP contribution in [-0.2, 0) is 12.1 Å². The number of nitrogens with zero attached hydrogens (tertiary/aromatic N) is 1. The van der Waals surface area contributed by atoms with Crippen LogP contribution in [-0.4, -0.2) is 11.1 Å². The summed E-state index contributed by atoms with van der Waals surface area (Å²) in [7, 11) is 0. The van der Waals surface area contributed by atoms with Crippen molar-refractivity contribution in [1.82, 2.24) is 9.88 Å². The third-order valence-electron chi connectivity index (χ3n) is 3.42. The third kappa shape index (κ3) is 1.34. The molecule has 0 aliphatic carbocycles. The minimum Gasteiger partial charge on any atom is -0.336 e. The van der Waals surface area contributed by atoms with Crippen LogP contribution in [0.1, 0.15) is 32.4 Å². The maximum absolute atomic E-state index is 3.66. The molecule has 0 bridgehead atoms. The average molecular weight is 257 g/mol. The van der Waals surface area contributed by atoms with Crippen LogP contribution in [0.3, 0.4) is 0 Å². The molecular formula is C11H17BrN2. The van der Waals surface area contributed by atoms with Crippen LogP contribution >= 0.6 is 15.9 Å². The predicted octanol–water partition coefficient (Wildman–Crippen LogP) is 2.87. The van der Waals surface area contributed by atoms with Crippen LogP contribution in [0.25, 0.3) is 0 Å². The first kappa shape index (κ1) is 10.2. The quantitative estimate of drug-likeness (QED) is 0.862. The fourth-order valence-electron chi connectivity index (χ4n) is 2.45. The Hall–Kier alpha value is -0.280. The number of rotatable bonds is 2. The van der Waals surface area contributed by atoms with Crippen molar-refractivity contribution in [2.45, 2.75) is 38.8 Å². The molecule has 0 radical (unpaired) electrons. The smallest absolute Gasteiger partial charge is 0.0849 e. The highest BCUT2D eigenvalue weighted by Crippen LogP contribution is 2.33. The molecule has 3 heteroatoms. The summed E-state index contributed by atoms with van der Waals surface area (Å²) >= 11 is 3.60. The zero-order chi connectivity index (χ0) is 10.2. The molecule has 1 aliphatic rings.